The van der Waals surface area contributed by atoms with Crippen LogP contribution in [0.1, 0.15) is 36.5 Å². The van der Waals surface area contributed by atoms with Crippen LogP contribution >= 0.6 is 11.6 Å². The highest BCUT2D eigenvalue weighted by molar-refractivity contribution is 6.30. The molecule has 1 fully saturated rings. The van der Waals surface area contributed by atoms with Crippen molar-refractivity contribution in [1.82, 2.24) is 10.2 Å². The van der Waals surface area contributed by atoms with E-state index in [0.29, 0.717) is 29.7 Å². The molecular weight excluding hydrogens is 276 g/mol. The molecule has 1 heterocycles. The number of nitrogens with zero attached hydrogens (tertiary/aromatic N) is 1. The Labute approximate surface area is 124 Å². The fourth-order valence-electron chi connectivity index (χ4n) is 2.58. The van der Waals surface area contributed by atoms with Crippen molar-refractivity contribution in [2.75, 3.05) is 19.6 Å². The van der Waals surface area contributed by atoms with Gasteiger partial charge in [-0.3, -0.25) is 4.79 Å². The molecule has 0 aliphatic carbocycles. The van der Waals surface area contributed by atoms with Crippen molar-refractivity contribution in [3.05, 3.63) is 28.8 Å². The van der Waals surface area contributed by atoms with Crippen LogP contribution < -0.4 is 5.32 Å². The molecule has 2 N–H and O–H groups in total. The molecule has 1 aliphatic heterocycles. The second kappa shape index (κ2) is 6.95. The molecule has 1 aliphatic rings. The summed E-state index contributed by atoms with van der Waals surface area (Å²) >= 11 is 5.80. The Balaban J connectivity index is 2.12. The molecule has 1 aromatic carbocycles. The normalized spacial score (nSPS) is 18.2. The zero-order valence-electron chi connectivity index (χ0n) is 11.7. The van der Waals surface area contributed by atoms with E-state index in [1.54, 1.807) is 12.1 Å². The standard InChI is InChI=1S/C15H21ClN2O2/c1-2-8-18(10-12-4-3-7-17-12)15(20)13-6-5-11(16)9-14(13)19/h5-6,9,12,17,19H,2-4,7-8,10H2,1H3. The number of amides is 1. The minimum Gasteiger partial charge on any atom is -0.507 e. The summed E-state index contributed by atoms with van der Waals surface area (Å²) in [6, 6.07) is 4.99. The number of hydrogen-bond acceptors (Lipinski definition) is 3. The average molecular weight is 297 g/mol. The number of phenols is 1. The zero-order chi connectivity index (χ0) is 14.5. The fraction of sp³-hybridized carbons (Fsp3) is 0.533. The Kier molecular flexibility index (Phi) is 5.26. The van der Waals surface area contributed by atoms with Gasteiger partial charge in [-0.1, -0.05) is 18.5 Å². The van der Waals surface area contributed by atoms with Gasteiger partial charge in [0.05, 0.1) is 5.56 Å². The maximum atomic E-state index is 12.5. The molecule has 4 nitrogen and oxygen atoms in total. The molecule has 0 radical (unpaired) electrons. The smallest absolute Gasteiger partial charge is 0.257 e. The molecule has 0 aromatic heterocycles. The first-order valence-electron chi connectivity index (χ1n) is 7.13. The monoisotopic (exact) mass is 296 g/mol. The number of hydrogen-bond donors (Lipinski definition) is 2. The molecular formula is C15H21ClN2O2. The van der Waals surface area contributed by atoms with E-state index in [1.807, 2.05) is 11.8 Å². The molecule has 0 bridgehead atoms. The fourth-order valence-corrected chi connectivity index (χ4v) is 2.75. The van der Waals surface area contributed by atoms with E-state index in [9.17, 15) is 9.90 Å². The third-order valence-electron chi connectivity index (χ3n) is 3.57. The molecule has 0 spiro atoms. The predicted octanol–water partition coefficient (Wildman–Crippen LogP) is 2.65. The molecule has 2 rings (SSSR count). The summed E-state index contributed by atoms with van der Waals surface area (Å²) in [7, 11) is 0. The Hall–Kier alpha value is -1.26. The summed E-state index contributed by atoms with van der Waals surface area (Å²) in [5, 5.41) is 13.7. The van der Waals surface area contributed by atoms with Crippen LogP contribution in [0.3, 0.4) is 0 Å². The highest BCUT2D eigenvalue weighted by atomic mass is 35.5. The Morgan fingerprint density at radius 2 is 2.35 bits per heavy atom. The van der Waals surface area contributed by atoms with Gasteiger partial charge in [-0.05, 0) is 44.0 Å². The first-order valence-corrected chi connectivity index (χ1v) is 7.50. The molecule has 1 amide bonds. The Morgan fingerprint density at radius 1 is 1.55 bits per heavy atom. The molecule has 1 aromatic rings. The minimum atomic E-state index is -0.130. The van der Waals surface area contributed by atoms with Gasteiger partial charge in [-0.25, -0.2) is 0 Å². The van der Waals surface area contributed by atoms with Crippen LogP contribution in [0.4, 0.5) is 0 Å². The van der Waals surface area contributed by atoms with Crippen LogP contribution in [-0.4, -0.2) is 41.6 Å². The van der Waals surface area contributed by atoms with E-state index < -0.39 is 0 Å². The molecule has 1 saturated heterocycles. The lowest BCUT2D eigenvalue weighted by molar-refractivity contribution is 0.0739. The van der Waals surface area contributed by atoms with Gasteiger partial charge in [0, 0.05) is 24.2 Å². The Bertz CT molecular complexity index is 473. The average Bonchev–Trinajstić information content (AvgIpc) is 2.90. The van der Waals surface area contributed by atoms with Crippen LogP contribution in [0.2, 0.25) is 5.02 Å². The third-order valence-corrected chi connectivity index (χ3v) is 3.81. The SMILES string of the molecule is CCCN(CC1CCCN1)C(=O)c1ccc(Cl)cc1O. The zero-order valence-corrected chi connectivity index (χ0v) is 12.5. The van der Waals surface area contributed by atoms with Gasteiger partial charge in [0.25, 0.3) is 5.91 Å². The molecule has 1 atom stereocenters. The Morgan fingerprint density at radius 3 is 2.95 bits per heavy atom. The van der Waals surface area contributed by atoms with Gasteiger partial charge in [0.15, 0.2) is 0 Å². The largest absolute Gasteiger partial charge is 0.507 e. The van der Waals surface area contributed by atoms with Crippen LogP contribution in [-0.2, 0) is 0 Å². The lowest BCUT2D eigenvalue weighted by Gasteiger charge is -2.26. The number of phenolic OH excluding ortho intramolecular Hbond substituents is 1. The van der Waals surface area contributed by atoms with Gasteiger partial charge in [0.2, 0.25) is 0 Å². The van der Waals surface area contributed by atoms with Crippen LogP contribution in [0.5, 0.6) is 5.75 Å². The maximum absolute atomic E-state index is 12.5. The van der Waals surface area contributed by atoms with Gasteiger partial charge in [-0.2, -0.15) is 0 Å². The number of rotatable bonds is 5. The minimum absolute atomic E-state index is 0.0528. The van der Waals surface area contributed by atoms with Crippen molar-refractivity contribution in [1.29, 1.82) is 0 Å². The number of nitrogens with one attached hydrogen (secondary N) is 1. The van der Waals surface area contributed by atoms with E-state index >= 15 is 0 Å². The second-order valence-electron chi connectivity index (χ2n) is 5.21. The third kappa shape index (κ3) is 3.64. The maximum Gasteiger partial charge on any atom is 0.257 e. The van der Waals surface area contributed by atoms with E-state index in [4.69, 9.17) is 11.6 Å². The van der Waals surface area contributed by atoms with Crippen LogP contribution in [0, 0.1) is 0 Å². The van der Waals surface area contributed by atoms with Crippen LogP contribution in [0.25, 0.3) is 0 Å². The van der Waals surface area contributed by atoms with E-state index in [-0.39, 0.29) is 11.7 Å². The highest BCUT2D eigenvalue weighted by Gasteiger charge is 2.23. The van der Waals surface area contributed by atoms with Crippen molar-refractivity contribution in [2.45, 2.75) is 32.2 Å². The summed E-state index contributed by atoms with van der Waals surface area (Å²) in [6.07, 6.45) is 3.15. The molecule has 20 heavy (non-hydrogen) atoms. The summed E-state index contributed by atoms with van der Waals surface area (Å²) in [4.78, 5) is 14.4. The van der Waals surface area contributed by atoms with Crippen molar-refractivity contribution >= 4 is 17.5 Å². The quantitative estimate of drug-likeness (QED) is 0.878. The van der Waals surface area contributed by atoms with Gasteiger partial charge in [0.1, 0.15) is 5.75 Å². The summed E-state index contributed by atoms with van der Waals surface area (Å²) in [5.41, 5.74) is 0.320. The summed E-state index contributed by atoms with van der Waals surface area (Å²) in [5.74, 6) is -0.183. The molecule has 5 heteroatoms. The molecule has 1 unspecified atom stereocenters. The van der Waals surface area contributed by atoms with Gasteiger partial charge < -0.3 is 15.3 Å². The van der Waals surface area contributed by atoms with Crippen LogP contribution in [0.15, 0.2) is 18.2 Å². The lowest BCUT2D eigenvalue weighted by Crippen LogP contribution is -2.41. The topological polar surface area (TPSA) is 52.6 Å². The second-order valence-corrected chi connectivity index (χ2v) is 5.64. The van der Waals surface area contributed by atoms with Crippen molar-refractivity contribution < 1.29 is 9.90 Å². The summed E-state index contributed by atoms with van der Waals surface area (Å²) in [6.45, 7) is 4.45. The first-order chi connectivity index (χ1) is 9.61. The van der Waals surface area contributed by atoms with Gasteiger partial charge in [-0.15, -0.1) is 0 Å². The number of carbonyl (C=O) groups excluding carboxylic acids is 1. The van der Waals surface area contributed by atoms with E-state index in [1.165, 1.54) is 6.07 Å². The number of benzene rings is 1. The summed E-state index contributed by atoms with van der Waals surface area (Å²) < 4.78 is 0. The predicted molar refractivity (Wildman–Crippen MR) is 80.3 cm³/mol. The first kappa shape index (κ1) is 15.1. The number of aromatic hydroxyl groups is 1. The van der Waals surface area contributed by atoms with E-state index in [2.05, 4.69) is 5.32 Å². The van der Waals surface area contributed by atoms with Crippen molar-refractivity contribution in [2.24, 2.45) is 0 Å². The number of halogens is 1. The van der Waals surface area contributed by atoms with Crippen molar-refractivity contribution in [3.63, 3.8) is 0 Å². The molecule has 110 valence electrons. The lowest BCUT2D eigenvalue weighted by atomic mass is 10.1. The number of carbonyl (C=O) groups is 1. The highest BCUT2D eigenvalue weighted by Crippen LogP contribution is 2.23. The van der Waals surface area contributed by atoms with E-state index in [0.717, 1.165) is 25.8 Å². The van der Waals surface area contributed by atoms with Gasteiger partial charge >= 0.3 is 0 Å². The molecule has 0 saturated carbocycles. The van der Waals surface area contributed by atoms with Crippen molar-refractivity contribution in [3.8, 4) is 5.75 Å².